The molecule has 0 aliphatic rings. The first-order chi connectivity index (χ1) is 38.1. The van der Waals surface area contributed by atoms with Gasteiger partial charge in [0.2, 0.25) is 11.8 Å². The second-order valence-electron chi connectivity index (χ2n) is 18.7. The van der Waals surface area contributed by atoms with Gasteiger partial charge in [0, 0.05) is 47.9 Å². The van der Waals surface area contributed by atoms with Crippen LogP contribution in [-0.4, -0.2) is 94.9 Å². The van der Waals surface area contributed by atoms with E-state index >= 15 is 0 Å². The topological polar surface area (TPSA) is 163 Å². The van der Waals surface area contributed by atoms with Gasteiger partial charge in [0.1, 0.15) is 25.3 Å². The monoisotopic (exact) mass is 1160 g/mol. The Labute approximate surface area is 487 Å². The Morgan fingerprint density at radius 2 is 0.667 bits per heavy atom. The molecule has 6 rings (SSSR count). The highest BCUT2D eigenvalue weighted by atomic mass is 33.1. The highest BCUT2D eigenvalue weighted by Gasteiger charge is 2.30. The zero-order valence-electron chi connectivity index (χ0n) is 44.7. The molecule has 0 aromatic heterocycles. The van der Waals surface area contributed by atoms with Crippen molar-refractivity contribution in [2.75, 3.05) is 47.0 Å². The zero-order chi connectivity index (χ0) is 55.4. The molecule has 6 atom stereocenters. The van der Waals surface area contributed by atoms with E-state index in [1.807, 2.05) is 227 Å². The fourth-order valence-electron chi connectivity index (χ4n) is 7.81. The van der Waals surface area contributed by atoms with Crippen LogP contribution >= 0.6 is 66.7 Å². The number of nitrogens with one attached hydrogen (secondary N) is 2. The summed E-state index contributed by atoms with van der Waals surface area (Å²) in [6.45, 7) is 0.195. The van der Waals surface area contributed by atoms with Crippen LogP contribution in [0.25, 0.3) is 0 Å². The van der Waals surface area contributed by atoms with E-state index in [1.54, 1.807) is 0 Å². The molecule has 0 fully saturated rings. The number of carbonyl (C=O) groups excluding carboxylic acids is 4. The minimum Gasteiger partial charge on any atom is -0.459 e. The van der Waals surface area contributed by atoms with Crippen LogP contribution in [0, 0.1) is 11.8 Å². The van der Waals surface area contributed by atoms with Gasteiger partial charge in [-0.15, -0.1) is 0 Å². The first-order valence-corrected chi connectivity index (χ1v) is 34.0. The number of ether oxygens (including phenoxy) is 2. The van der Waals surface area contributed by atoms with Gasteiger partial charge in [-0.25, -0.2) is 9.59 Å². The maximum atomic E-state index is 14.2. The van der Waals surface area contributed by atoms with Crippen LogP contribution in [-0.2, 0) is 67.5 Å². The van der Waals surface area contributed by atoms with Gasteiger partial charge in [-0.2, -0.15) is 23.5 Å². The maximum absolute atomic E-state index is 14.2. The summed E-state index contributed by atoms with van der Waals surface area (Å²) in [6, 6.07) is 56.6. The number of nitrogens with two attached hydrogens (primary N) is 2. The molecule has 416 valence electrons. The van der Waals surface area contributed by atoms with Crippen molar-refractivity contribution in [2.24, 2.45) is 23.3 Å². The van der Waals surface area contributed by atoms with Crippen LogP contribution in [0.3, 0.4) is 0 Å². The summed E-state index contributed by atoms with van der Waals surface area (Å²) in [6.07, 6.45) is 7.96. The summed E-state index contributed by atoms with van der Waals surface area (Å²) in [5.74, 6) is 2.76. The minimum absolute atomic E-state index is 0.0976. The van der Waals surface area contributed by atoms with Crippen LogP contribution in [0.2, 0.25) is 0 Å². The number of carbonyl (C=O) groups is 4. The number of rotatable bonds is 34. The number of amides is 2. The molecule has 0 saturated carbocycles. The van der Waals surface area contributed by atoms with Gasteiger partial charge in [0.15, 0.2) is 0 Å². The minimum atomic E-state index is -0.897. The average Bonchev–Trinajstić information content (AvgIpc) is 3.47. The molecule has 0 bridgehead atoms. The van der Waals surface area contributed by atoms with E-state index in [9.17, 15) is 19.2 Å². The quantitative estimate of drug-likeness (QED) is 0.0171. The van der Waals surface area contributed by atoms with Crippen LogP contribution in [0.5, 0.6) is 0 Å². The van der Waals surface area contributed by atoms with Gasteiger partial charge in [-0.1, -0.05) is 225 Å². The largest absolute Gasteiger partial charge is 0.459 e. The number of esters is 2. The second kappa shape index (κ2) is 38.8. The first kappa shape index (κ1) is 64.0. The molecule has 10 nitrogen and oxygen atoms in total. The zero-order valence-corrected chi connectivity index (χ0v) is 49.6. The standard InChI is InChI=1S/C52H52N2O6S2.C10H24N2S4/c55-49(53-47(33-41-23-11-3-12-24-41)51(57)59-35-43-27-15-5-16-28-43)45(31-39-19-7-1-8-20-39)37-61-62-38-46(32-40-21-9-2-10-22-40)50(56)54-48(34-42-25-13-4-14-26-42)52(58)60-36-44-29-17-6-18-30-44;1-13-5-3-9(11)7-15-16-8-10(12)4-6-14-2/h1-30,45-48H,31-38H2,(H,53,55)(H,54,56);9-10H,3-8,11-12H2,1-2H3. The molecule has 6 N–H and O–H groups in total. The van der Waals surface area contributed by atoms with E-state index in [1.165, 1.54) is 33.1 Å². The Kier molecular flexibility index (Phi) is 31.8. The van der Waals surface area contributed by atoms with E-state index in [4.69, 9.17) is 20.9 Å². The van der Waals surface area contributed by atoms with Gasteiger partial charge in [-0.05, 0) is 83.1 Å². The summed E-state index contributed by atoms with van der Waals surface area (Å²) >= 11 is 3.73. The van der Waals surface area contributed by atoms with Gasteiger partial charge >= 0.3 is 11.9 Å². The highest BCUT2D eigenvalue weighted by Crippen LogP contribution is 2.30. The third-order valence-electron chi connectivity index (χ3n) is 12.3. The third kappa shape index (κ3) is 26.5. The van der Waals surface area contributed by atoms with Crippen LogP contribution in [0.15, 0.2) is 182 Å². The van der Waals surface area contributed by atoms with Crippen molar-refractivity contribution in [2.45, 2.75) is 75.9 Å². The summed E-state index contributed by atoms with van der Waals surface area (Å²) < 4.78 is 11.5. The normalized spacial score (nSPS) is 13.3. The third-order valence-corrected chi connectivity index (χ3v) is 18.7. The van der Waals surface area contributed by atoms with Gasteiger partial charge in [0.25, 0.3) is 0 Å². The number of benzene rings is 6. The molecular formula is C62H76N4O6S6. The lowest BCUT2D eigenvalue weighted by Gasteiger charge is -2.23. The number of hydrogen-bond acceptors (Lipinski definition) is 14. The summed E-state index contributed by atoms with van der Waals surface area (Å²) in [7, 11) is 6.77. The van der Waals surface area contributed by atoms with Crippen molar-refractivity contribution in [3.8, 4) is 0 Å². The Hall–Kier alpha value is -4.78. The Morgan fingerprint density at radius 1 is 0.397 bits per heavy atom. The molecule has 78 heavy (non-hydrogen) atoms. The van der Waals surface area contributed by atoms with Gasteiger partial charge in [-0.3, -0.25) is 9.59 Å². The molecule has 0 heterocycles. The molecule has 0 saturated heterocycles. The average molecular weight is 1170 g/mol. The molecule has 0 aliphatic carbocycles. The molecule has 6 aromatic carbocycles. The van der Waals surface area contributed by atoms with Crippen LogP contribution in [0.4, 0.5) is 0 Å². The molecular weight excluding hydrogens is 1090 g/mol. The van der Waals surface area contributed by atoms with E-state index in [-0.39, 0.29) is 37.9 Å². The van der Waals surface area contributed by atoms with Crippen LogP contribution < -0.4 is 22.1 Å². The summed E-state index contributed by atoms with van der Waals surface area (Å²) in [5.41, 5.74) is 17.5. The number of hydrogen-bond donors (Lipinski definition) is 4. The Bertz CT molecular complexity index is 2390. The van der Waals surface area contributed by atoms with E-state index in [0.29, 0.717) is 36.4 Å². The second-order valence-corrected chi connectivity index (χ2v) is 25.8. The lowest BCUT2D eigenvalue weighted by atomic mass is 9.99. The molecule has 0 aliphatic heterocycles. The molecule has 6 aromatic rings. The van der Waals surface area contributed by atoms with Crippen molar-refractivity contribution in [1.82, 2.24) is 10.6 Å². The summed E-state index contributed by atoms with van der Waals surface area (Å²) in [5, 5.41) is 6.10. The lowest BCUT2D eigenvalue weighted by Crippen LogP contribution is -2.46. The Balaban J connectivity index is 0.000000605. The molecule has 0 radical (unpaired) electrons. The molecule has 2 amide bonds. The van der Waals surface area contributed by atoms with Crippen molar-refractivity contribution in [3.63, 3.8) is 0 Å². The summed E-state index contributed by atoms with van der Waals surface area (Å²) in [4.78, 5) is 55.7. The molecule has 6 unspecified atom stereocenters. The first-order valence-electron chi connectivity index (χ1n) is 26.3. The van der Waals surface area contributed by atoms with Gasteiger partial charge < -0.3 is 31.6 Å². The Morgan fingerprint density at radius 3 is 0.962 bits per heavy atom. The fourth-order valence-corrected chi connectivity index (χ4v) is 14.0. The predicted molar refractivity (Wildman–Crippen MR) is 336 cm³/mol. The SMILES string of the molecule is CSCCC(N)CSSCC(N)CCSC.O=C(NC(Cc1ccccc1)C(=O)OCc1ccccc1)C(CSSCC(Cc1ccccc1)C(=O)NC(Cc1ccccc1)C(=O)OCc1ccccc1)Cc1ccccc1. The molecule has 0 spiro atoms. The maximum Gasteiger partial charge on any atom is 0.329 e. The smallest absolute Gasteiger partial charge is 0.329 e. The van der Waals surface area contributed by atoms with E-state index in [0.717, 1.165) is 57.7 Å². The van der Waals surface area contributed by atoms with Crippen molar-refractivity contribution < 1.29 is 28.7 Å². The van der Waals surface area contributed by atoms with Crippen molar-refractivity contribution in [1.29, 1.82) is 0 Å². The predicted octanol–water partition coefficient (Wildman–Crippen LogP) is 11.6. The van der Waals surface area contributed by atoms with Crippen LogP contribution in [0.1, 0.15) is 46.2 Å². The number of thioether (sulfide) groups is 2. The molecule has 16 heteroatoms. The fraction of sp³-hybridized carbons (Fsp3) is 0.355. The van der Waals surface area contributed by atoms with Crippen molar-refractivity contribution in [3.05, 3.63) is 215 Å². The highest BCUT2D eigenvalue weighted by molar-refractivity contribution is 8.77. The van der Waals surface area contributed by atoms with E-state index < -0.39 is 35.9 Å². The van der Waals surface area contributed by atoms with Crippen molar-refractivity contribution >= 4 is 90.5 Å². The lowest BCUT2D eigenvalue weighted by molar-refractivity contribution is -0.149. The van der Waals surface area contributed by atoms with Gasteiger partial charge in [0.05, 0.1) is 11.8 Å². The van der Waals surface area contributed by atoms with E-state index in [2.05, 4.69) is 23.1 Å².